The van der Waals surface area contributed by atoms with E-state index in [1.54, 1.807) is 30.3 Å². The van der Waals surface area contributed by atoms with Crippen molar-refractivity contribution in [1.82, 2.24) is 19.6 Å². The summed E-state index contributed by atoms with van der Waals surface area (Å²) in [5, 5.41) is 15.9. The molecule has 1 aliphatic rings. The molecule has 2 heterocycles. The summed E-state index contributed by atoms with van der Waals surface area (Å²) in [5.74, 6) is -0.558. The van der Waals surface area contributed by atoms with Crippen molar-refractivity contribution in [2.45, 2.75) is 6.04 Å². The number of aromatic nitrogens is 2. The Hall–Kier alpha value is -5.15. The smallest absolute Gasteiger partial charge is 0.272 e. The number of amides is 1. The van der Waals surface area contributed by atoms with Crippen LogP contribution in [-0.4, -0.2) is 56.6 Å². The molecule has 1 aromatic heterocycles. The van der Waals surface area contributed by atoms with Gasteiger partial charge in [0.25, 0.3) is 11.6 Å². The molecule has 8 nitrogen and oxygen atoms in total. The fourth-order valence-corrected chi connectivity index (χ4v) is 5.44. The van der Waals surface area contributed by atoms with Gasteiger partial charge in [-0.1, -0.05) is 60.7 Å². The first-order chi connectivity index (χ1) is 20.5. The van der Waals surface area contributed by atoms with Gasteiger partial charge in [0.15, 0.2) is 0 Å². The number of benzene rings is 4. The fraction of sp³-hybridized carbons (Fsp3) is 0.152. The molecule has 0 spiro atoms. The summed E-state index contributed by atoms with van der Waals surface area (Å²) in [5.41, 5.74) is 4.35. The number of carbonyl (C=O) groups is 1. The highest BCUT2D eigenvalue weighted by Crippen LogP contribution is 2.30. The minimum Gasteiger partial charge on any atom is -0.335 e. The molecule has 5 aromatic rings. The van der Waals surface area contributed by atoms with E-state index >= 15 is 0 Å². The topological polar surface area (TPSA) is 84.5 Å². The van der Waals surface area contributed by atoms with Crippen LogP contribution >= 0.6 is 0 Å². The van der Waals surface area contributed by atoms with Gasteiger partial charge in [-0.3, -0.25) is 19.8 Å². The second-order valence-corrected chi connectivity index (χ2v) is 10.2. The minimum absolute atomic E-state index is 0.0555. The molecule has 6 rings (SSSR count). The van der Waals surface area contributed by atoms with E-state index in [0.29, 0.717) is 48.8 Å². The van der Waals surface area contributed by atoms with Crippen LogP contribution in [-0.2, 0) is 0 Å². The molecular formula is C33H28FN5O3. The predicted molar refractivity (Wildman–Crippen MR) is 158 cm³/mol. The van der Waals surface area contributed by atoms with Crippen LogP contribution in [0, 0.1) is 15.9 Å². The van der Waals surface area contributed by atoms with Crippen LogP contribution in [0.15, 0.2) is 115 Å². The molecule has 210 valence electrons. The summed E-state index contributed by atoms with van der Waals surface area (Å²) < 4.78 is 15.1. The highest BCUT2D eigenvalue weighted by molar-refractivity contribution is 5.94. The SMILES string of the molecule is O=C(c1cc(-c2ccc(F)cc2)nn1-c1ccc([N+](=O)[O-])cc1)N1CCN(C(c2ccccc2)c2ccccc2)CC1. The standard InChI is InChI=1S/C33H28FN5O3/c34-27-13-11-24(12-14-27)30-23-31(38(35-30)28-15-17-29(18-16-28)39(41)42)33(40)37-21-19-36(20-22-37)32(25-7-3-1-4-8-25)26-9-5-2-6-10-26/h1-18,23,32H,19-22H2. The Morgan fingerprint density at radius 3 is 1.90 bits per heavy atom. The molecule has 0 N–H and O–H groups in total. The second-order valence-electron chi connectivity index (χ2n) is 10.2. The average molecular weight is 562 g/mol. The Labute approximate surface area is 242 Å². The van der Waals surface area contributed by atoms with E-state index in [1.807, 2.05) is 41.3 Å². The highest BCUT2D eigenvalue weighted by atomic mass is 19.1. The lowest BCUT2D eigenvalue weighted by Crippen LogP contribution is -2.50. The maximum absolute atomic E-state index is 14.0. The average Bonchev–Trinajstić information content (AvgIpc) is 3.48. The molecule has 42 heavy (non-hydrogen) atoms. The molecule has 0 atom stereocenters. The maximum atomic E-state index is 14.0. The quantitative estimate of drug-likeness (QED) is 0.176. The van der Waals surface area contributed by atoms with Gasteiger partial charge in [-0.2, -0.15) is 5.10 Å². The maximum Gasteiger partial charge on any atom is 0.272 e. The van der Waals surface area contributed by atoms with Crippen LogP contribution in [0.3, 0.4) is 0 Å². The first-order valence-corrected chi connectivity index (χ1v) is 13.7. The third kappa shape index (κ3) is 5.55. The molecule has 0 aliphatic carbocycles. The summed E-state index contributed by atoms with van der Waals surface area (Å²) >= 11 is 0. The lowest BCUT2D eigenvalue weighted by Gasteiger charge is -2.39. The fourth-order valence-electron chi connectivity index (χ4n) is 5.44. The number of halogens is 1. The summed E-state index contributed by atoms with van der Waals surface area (Å²) in [4.78, 5) is 28.9. The van der Waals surface area contributed by atoms with Gasteiger partial charge in [0.05, 0.1) is 22.3 Å². The summed E-state index contributed by atoms with van der Waals surface area (Å²) in [6.07, 6.45) is 0. The minimum atomic E-state index is -0.472. The van der Waals surface area contributed by atoms with Crippen molar-refractivity contribution in [2.24, 2.45) is 0 Å². The van der Waals surface area contributed by atoms with Gasteiger partial charge in [0, 0.05) is 43.9 Å². The Kier molecular flexibility index (Phi) is 7.57. The van der Waals surface area contributed by atoms with Gasteiger partial charge in [0.1, 0.15) is 11.5 Å². The summed E-state index contributed by atoms with van der Waals surface area (Å²) in [6, 6.07) is 34.3. The molecule has 9 heteroatoms. The molecular weight excluding hydrogens is 533 g/mol. The Balaban J connectivity index is 1.28. The van der Waals surface area contributed by atoms with Gasteiger partial charge in [-0.25, -0.2) is 9.07 Å². The molecule has 0 radical (unpaired) electrons. The third-order valence-corrected chi connectivity index (χ3v) is 7.57. The van der Waals surface area contributed by atoms with E-state index in [4.69, 9.17) is 0 Å². The molecule has 1 saturated heterocycles. The zero-order chi connectivity index (χ0) is 29.1. The highest BCUT2D eigenvalue weighted by Gasteiger charge is 2.30. The summed E-state index contributed by atoms with van der Waals surface area (Å²) in [7, 11) is 0. The van der Waals surface area contributed by atoms with Crippen molar-refractivity contribution in [3.63, 3.8) is 0 Å². The number of hydrogen-bond acceptors (Lipinski definition) is 5. The van der Waals surface area contributed by atoms with Gasteiger partial charge in [-0.05, 0) is 53.6 Å². The van der Waals surface area contributed by atoms with E-state index in [-0.39, 0.29) is 23.5 Å². The monoisotopic (exact) mass is 561 g/mol. The van der Waals surface area contributed by atoms with E-state index in [2.05, 4.69) is 34.3 Å². The number of non-ortho nitro benzene ring substituents is 1. The van der Waals surface area contributed by atoms with Crippen molar-refractivity contribution >= 4 is 11.6 Å². The molecule has 0 unspecified atom stereocenters. The van der Waals surface area contributed by atoms with Crippen LogP contribution in [0.4, 0.5) is 10.1 Å². The predicted octanol–water partition coefficient (Wildman–Crippen LogP) is 6.13. The van der Waals surface area contributed by atoms with E-state index in [9.17, 15) is 19.3 Å². The van der Waals surface area contributed by atoms with Crippen LogP contribution in [0.25, 0.3) is 16.9 Å². The molecule has 4 aromatic carbocycles. The Bertz CT molecular complexity index is 1640. The molecule has 0 saturated carbocycles. The Morgan fingerprint density at radius 2 is 1.36 bits per heavy atom. The number of nitro benzene ring substituents is 1. The number of carbonyl (C=O) groups excluding carboxylic acids is 1. The number of rotatable bonds is 7. The van der Waals surface area contributed by atoms with Crippen molar-refractivity contribution in [1.29, 1.82) is 0 Å². The van der Waals surface area contributed by atoms with E-state index < -0.39 is 4.92 Å². The number of piperazine rings is 1. The van der Waals surface area contributed by atoms with Crippen molar-refractivity contribution in [2.75, 3.05) is 26.2 Å². The van der Waals surface area contributed by atoms with Crippen LogP contribution in [0.1, 0.15) is 27.7 Å². The zero-order valence-corrected chi connectivity index (χ0v) is 22.7. The first-order valence-electron chi connectivity index (χ1n) is 13.7. The van der Waals surface area contributed by atoms with Crippen molar-refractivity contribution in [3.05, 3.63) is 148 Å². The largest absolute Gasteiger partial charge is 0.335 e. The summed E-state index contributed by atoms with van der Waals surface area (Å²) in [6.45, 7) is 2.39. The molecule has 1 fully saturated rings. The Morgan fingerprint density at radius 1 is 0.786 bits per heavy atom. The lowest BCUT2D eigenvalue weighted by molar-refractivity contribution is -0.384. The van der Waals surface area contributed by atoms with E-state index in [1.165, 1.54) is 40.1 Å². The number of hydrogen-bond donors (Lipinski definition) is 0. The van der Waals surface area contributed by atoms with Gasteiger partial charge < -0.3 is 4.90 Å². The van der Waals surface area contributed by atoms with Crippen LogP contribution < -0.4 is 0 Å². The first kappa shape index (κ1) is 27.0. The van der Waals surface area contributed by atoms with E-state index in [0.717, 1.165) is 0 Å². The molecule has 0 bridgehead atoms. The third-order valence-electron chi connectivity index (χ3n) is 7.57. The normalized spacial score (nSPS) is 13.8. The van der Waals surface area contributed by atoms with Gasteiger partial charge >= 0.3 is 0 Å². The zero-order valence-electron chi connectivity index (χ0n) is 22.7. The molecule has 1 aliphatic heterocycles. The lowest BCUT2D eigenvalue weighted by atomic mass is 9.96. The number of nitrogens with zero attached hydrogens (tertiary/aromatic N) is 5. The number of nitro groups is 1. The molecule has 1 amide bonds. The van der Waals surface area contributed by atoms with Gasteiger partial charge in [0.2, 0.25) is 0 Å². The van der Waals surface area contributed by atoms with Crippen molar-refractivity contribution in [3.8, 4) is 16.9 Å². The van der Waals surface area contributed by atoms with Gasteiger partial charge in [-0.15, -0.1) is 0 Å². The second kappa shape index (κ2) is 11.8. The van der Waals surface area contributed by atoms with Crippen LogP contribution in [0.2, 0.25) is 0 Å². The van der Waals surface area contributed by atoms with Crippen LogP contribution in [0.5, 0.6) is 0 Å². The van der Waals surface area contributed by atoms with Crippen molar-refractivity contribution < 1.29 is 14.1 Å².